The maximum Gasteiger partial charge on any atom is 0.233 e. The van der Waals surface area contributed by atoms with E-state index in [4.69, 9.17) is 10.5 Å². The van der Waals surface area contributed by atoms with Gasteiger partial charge in [-0.15, -0.1) is 0 Å². The van der Waals surface area contributed by atoms with E-state index >= 15 is 0 Å². The van der Waals surface area contributed by atoms with Gasteiger partial charge in [-0.05, 0) is 35.8 Å². The Labute approximate surface area is 103 Å². The number of nitrogen functional groups attached to an aromatic ring is 1. The first-order chi connectivity index (χ1) is 7.68. The molecule has 16 heavy (non-hydrogen) atoms. The molecule has 0 aromatic carbocycles. The lowest BCUT2D eigenvalue weighted by Gasteiger charge is -2.15. The maximum atomic E-state index is 5.62. The van der Waals surface area contributed by atoms with Gasteiger partial charge in [0.25, 0.3) is 0 Å². The zero-order valence-electron chi connectivity index (χ0n) is 9.19. The van der Waals surface area contributed by atoms with Crippen LogP contribution in [0.15, 0.2) is 10.8 Å². The monoisotopic (exact) mass is 286 g/mol. The van der Waals surface area contributed by atoms with Crippen LogP contribution in [0.1, 0.15) is 12.8 Å². The highest BCUT2D eigenvalue weighted by molar-refractivity contribution is 9.10. The molecule has 1 aromatic rings. The van der Waals surface area contributed by atoms with Crippen molar-refractivity contribution in [1.82, 2.24) is 14.9 Å². The van der Waals surface area contributed by atoms with E-state index in [1.54, 1.807) is 0 Å². The third kappa shape index (κ3) is 2.82. The molecule has 0 bridgehead atoms. The molecular weight excluding hydrogens is 272 g/mol. The van der Waals surface area contributed by atoms with Crippen molar-refractivity contribution >= 4 is 21.7 Å². The summed E-state index contributed by atoms with van der Waals surface area (Å²) in [5.41, 5.74) is 5.62. The summed E-state index contributed by atoms with van der Waals surface area (Å²) in [6.07, 6.45) is 4.02. The summed E-state index contributed by atoms with van der Waals surface area (Å²) in [4.78, 5) is 10.2. The first-order valence-corrected chi connectivity index (χ1v) is 6.07. The molecule has 1 aliphatic rings. The molecule has 0 spiro atoms. The Morgan fingerprint density at radius 2 is 2.31 bits per heavy atom. The van der Waals surface area contributed by atoms with E-state index in [1.165, 1.54) is 19.2 Å². The van der Waals surface area contributed by atoms with Crippen LogP contribution in [0.4, 0.5) is 5.82 Å². The SMILES string of the molecule is CN(CCOc1ncnc(N)c1Br)C1CC1. The van der Waals surface area contributed by atoms with E-state index in [-0.39, 0.29) is 0 Å². The van der Waals surface area contributed by atoms with E-state index in [0.29, 0.717) is 22.8 Å². The maximum absolute atomic E-state index is 5.62. The molecule has 1 saturated carbocycles. The Hall–Kier alpha value is -0.880. The van der Waals surface area contributed by atoms with Crippen LogP contribution < -0.4 is 10.5 Å². The molecule has 2 N–H and O–H groups in total. The number of likely N-dealkylation sites (N-methyl/N-ethyl adjacent to an activating group) is 1. The Morgan fingerprint density at radius 3 is 3.00 bits per heavy atom. The highest BCUT2D eigenvalue weighted by Crippen LogP contribution is 2.27. The predicted molar refractivity (Wildman–Crippen MR) is 65.3 cm³/mol. The number of rotatable bonds is 5. The summed E-state index contributed by atoms with van der Waals surface area (Å²) in [5.74, 6) is 0.914. The zero-order chi connectivity index (χ0) is 11.5. The van der Waals surface area contributed by atoms with Crippen molar-refractivity contribution in [2.75, 3.05) is 25.9 Å². The van der Waals surface area contributed by atoms with Crippen LogP contribution in [0.3, 0.4) is 0 Å². The van der Waals surface area contributed by atoms with Gasteiger partial charge < -0.3 is 15.4 Å². The van der Waals surface area contributed by atoms with E-state index in [1.807, 2.05) is 0 Å². The molecule has 0 saturated heterocycles. The molecule has 0 radical (unpaired) electrons. The lowest BCUT2D eigenvalue weighted by atomic mass is 10.5. The van der Waals surface area contributed by atoms with Crippen molar-refractivity contribution in [2.45, 2.75) is 18.9 Å². The van der Waals surface area contributed by atoms with Gasteiger partial charge in [-0.25, -0.2) is 9.97 Å². The number of anilines is 1. The van der Waals surface area contributed by atoms with Crippen molar-refractivity contribution < 1.29 is 4.74 Å². The van der Waals surface area contributed by atoms with Gasteiger partial charge in [-0.2, -0.15) is 0 Å². The van der Waals surface area contributed by atoms with Gasteiger partial charge in [0.05, 0.1) is 0 Å². The summed E-state index contributed by atoms with van der Waals surface area (Å²) < 4.78 is 6.18. The second-order valence-corrected chi connectivity index (χ2v) is 4.73. The highest BCUT2D eigenvalue weighted by Gasteiger charge is 2.25. The standard InChI is InChI=1S/C10H15BrN4O/c1-15(7-2-3-7)4-5-16-10-8(11)9(12)13-6-14-10/h6-7H,2-5H2,1H3,(H2,12,13,14). The summed E-state index contributed by atoms with van der Waals surface area (Å²) in [7, 11) is 2.12. The Kier molecular flexibility index (Phi) is 3.60. The topological polar surface area (TPSA) is 64.3 Å². The van der Waals surface area contributed by atoms with E-state index in [9.17, 15) is 0 Å². The molecule has 0 aliphatic heterocycles. The van der Waals surface area contributed by atoms with Crippen LogP contribution >= 0.6 is 15.9 Å². The van der Waals surface area contributed by atoms with Crippen LogP contribution in [0.2, 0.25) is 0 Å². The van der Waals surface area contributed by atoms with Gasteiger partial charge in [0.1, 0.15) is 23.2 Å². The number of halogens is 1. The third-order valence-corrected chi connectivity index (χ3v) is 3.38. The lowest BCUT2D eigenvalue weighted by molar-refractivity contribution is 0.225. The first-order valence-electron chi connectivity index (χ1n) is 5.27. The molecule has 2 rings (SSSR count). The quantitative estimate of drug-likeness (QED) is 0.884. The van der Waals surface area contributed by atoms with Gasteiger partial charge in [-0.1, -0.05) is 0 Å². The fraction of sp³-hybridized carbons (Fsp3) is 0.600. The van der Waals surface area contributed by atoms with Gasteiger partial charge in [0.15, 0.2) is 0 Å². The summed E-state index contributed by atoms with van der Waals surface area (Å²) in [6.45, 7) is 1.52. The Bertz CT molecular complexity index is 370. The second-order valence-electron chi connectivity index (χ2n) is 3.94. The molecule has 88 valence electrons. The van der Waals surface area contributed by atoms with Crippen molar-refractivity contribution in [3.8, 4) is 5.88 Å². The predicted octanol–water partition coefficient (Wildman–Crippen LogP) is 1.29. The minimum Gasteiger partial charge on any atom is -0.475 e. The number of aromatic nitrogens is 2. The Balaban J connectivity index is 1.82. The van der Waals surface area contributed by atoms with E-state index in [2.05, 4.69) is 37.8 Å². The van der Waals surface area contributed by atoms with Gasteiger partial charge in [-0.3, -0.25) is 0 Å². The minimum atomic E-state index is 0.403. The summed E-state index contributed by atoms with van der Waals surface area (Å²) in [5, 5.41) is 0. The second kappa shape index (κ2) is 4.97. The molecule has 1 aliphatic carbocycles. The molecule has 0 amide bonds. The zero-order valence-corrected chi connectivity index (χ0v) is 10.8. The molecule has 0 unspecified atom stereocenters. The average Bonchev–Trinajstić information content (AvgIpc) is 3.07. The first kappa shape index (κ1) is 11.6. The molecule has 0 atom stereocenters. The number of hydrogen-bond donors (Lipinski definition) is 1. The highest BCUT2D eigenvalue weighted by atomic mass is 79.9. The summed E-state index contributed by atoms with van der Waals surface area (Å²) >= 11 is 3.30. The average molecular weight is 287 g/mol. The van der Waals surface area contributed by atoms with Gasteiger partial charge in [0, 0.05) is 12.6 Å². The fourth-order valence-electron chi connectivity index (χ4n) is 1.45. The molecule has 1 heterocycles. The van der Waals surface area contributed by atoms with Crippen molar-refractivity contribution in [3.05, 3.63) is 10.8 Å². The minimum absolute atomic E-state index is 0.403. The van der Waals surface area contributed by atoms with Crippen LogP contribution in [0.5, 0.6) is 5.88 Å². The Morgan fingerprint density at radius 1 is 1.56 bits per heavy atom. The number of hydrogen-bond acceptors (Lipinski definition) is 5. The molecule has 1 fully saturated rings. The number of nitrogens with two attached hydrogens (primary N) is 1. The molecule has 5 nitrogen and oxygen atoms in total. The van der Waals surface area contributed by atoms with E-state index < -0.39 is 0 Å². The largest absolute Gasteiger partial charge is 0.475 e. The van der Waals surface area contributed by atoms with Crippen LogP contribution in [-0.4, -0.2) is 41.1 Å². The number of ether oxygens (including phenoxy) is 1. The molecule has 1 aromatic heterocycles. The van der Waals surface area contributed by atoms with Crippen LogP contribution in [-0.2, 0) is 0 Å². The number of nitrogens with zero attached hydrogens (tertiary/aromatic N) is 3. The van der Waals surface area contributed by atoms with Crippen LogP contribution in [0.25, 0.3) is 0 Å². The molecular formula is C10H15BrN4O. The summed E-state index contributed by atoms with van der Waals surface area (Å²) in [6, 6.07) is 0.752. The smallest absolute Gasteiger partial charge is 0.233 e. The van der Waals surface area contributed by atoms with Crippen molar-refractivity contribution in [1.29, 1.82) is 0 Å². The fourth-order valence-corrected chi connectivity index (χ4v) is 1.77. The van der Waals surface area contributed by atoms with Gasteiger partial charge in [0.2, 0.25) is 5.88 Å². The molecule has 6 heteroatoms. The van der Waals surface area contributed by atoms with Crippen molar-refractivity contribution in [3.63, 3.8) is 0 Å². The van der Waals surface area contributed by atoms with Crippen molar-refractivity contribution in [2.24, 2.45) is 0 Å². The van der Waals surface area contributed by atoms with Gasteiger partial charge >= 0.3 is 0 Å². The van der Waals surface area contributed by atoms with Crippen LogP contribution in [0, 0.1) is 0 Å². The van der Waals surface area contributed by atoms with E-state index in [0.717, 1.165) is 12.6 Å². The normalized spacial score (nSPS) is 15.4. The third-order valence-electron chi connectivity index (χ3n) is 2.64. The lowest BCUT2D eigenvalue weighted by Crippen LogP contribution is -2.26.